The van der Waals surface area contributed by atoms with Gasteiger partial charge in [0.05, 0.1) is 6.54 Å². The Morgan fingerprint density at radius 1 is 1.32 bits per heavy atom. The highest BCUT2D eigenvalue weighted by Crippen LogP contribution is 2.10. The maximum Gasteiger partial charge on any atom is 0.254 e. The first kappa shape index (κ1) is 13.6. The molecule has 1 aromatic carbocycles. The molecule has 19 heavy (non-hydrogen) atoms. The minimum absolute atomic E-state index is 0.109. The molecule has 100 valence electrons. The minimum atomic E-state index is -0.380. The van der Waals surface area contributed by atoms with E-state index in [1.54, 1.807) is 17.0 Å². The first-order valence-corrected chi connectivity index (χ1v) is 6.41. The lowest BCUT2D eigenvalue weighted by Gasteiger charge is -2.21. The Hall–Kier alpha value is -1.86. The highest BCUT2D eigenvalue weighted by molar-refractivity contribution is 5.94. The summed E-state index contributed by atoms with van der Waals surface area (Å²) in [7, 11) is 0. The van der Waals surface area contributed by atoms with Gasteiger partial charge in [-0.25, -0.2) is 4.39 Å². The standard InChI is InChI=1S/C15H17FN2O/c1-2-7-17-8-4-9-18(11-10-17)15(19)13-5-3-6-14(16)12-13/h1,3,5-6,12H,4,7-11H2. The van der Waals surface area contributed by atoms with Gasteiger partial charge in [-0.05, 0) is 24.6 Å². The molecule has 1 aliphatic heterocycles. The third kappa shape index (κ3) is 3.55. The van der Waals surface area contributed by atoms with Gasteiger partial charge >= 0.3 is 0 Å². The molecule has 1 aromatic rings. The molecule has 0 aliphatic carbocycles. The first-order chi connectivity index (χ1) is 9.20. The summed E-state index contributed by atoms with van der Waals surface area (Å²) in [4.78, 5) is 16.2. The maximum absolute atomic E-state index is 13.1. The van der Waals surface area contributed by atoms with E-state index in [0.29, 0.717) is 25.2 Å². The summed E-state index contributed by atoms with van der Waals surface area (Å²) in [6.45, 7) is 3.61. The first-order valence-electron chi connectivity index (χ1n) is 6.41. The van der Waals surface area contributed by atoms with Crippen molar-refractivity contribution < 1.29 is 9.18 Å². The third-order valence-electron chi connectivity index (χ3n) is 3.26. The number of terminal acetylenes is 1. The van der Waals surface area contributed by atoms with Crippen molar-refractivity contribution in [3.8, 4) is 12.3 Å². The number of amides is 1. The minimum Gasteiger partial charge on any atom is -0.337 e. The third-order valence-corrected chi connectivity index (χ3v) is 3.26. The summed E-state index contributed by atoms with van der Waals surface area (Å²) in [6.07, 6.45) is 6.19. The quantitative estimate of drug-likeness (QED) is 0.754. The molecule has 0 aromatic heterocycles. The predicted molar refractivity (Wildman–Crippen MR) is 72.2 cm³/mol. The maximum atomic E-state index is 13.1. The van der Waals surface area contributed by atoms with Crippen LogP contribution in [0.25, 0.3) is 0 Å². The molecule has 0 spiro atoms. The Morgan fingerprint density at radius 2 is 2.16 bits per heavy atom. The number of nitrogens with zero attached hydrogens (tertiary/aromatic N) is 2. The van der Waals surface area contributed by atoms with Gasteiger partial charge < -0.3 is 4.90 Å². The number of rotatable bonds is 2. The second kappa shape index (κ2) is 6.35. The van der Waals surface area contributed by atoms with E-state index in [-0.39, 0.29) is 11.7 Å². The van der Waals surface area contributed by atoms with Crippen LogP contribution in [-0.4, -0.2) is 48.4 Å². The van der Waals surface area contributed by atoms with Crippen LogP contribution in [0.3, 0.4) is 0 Å². The topological polar surface area (TPSA) is 23.6 Å². The van der Waals surface area contributed by atoms with Gasteiger partial charge in [0, 0.05) is 31.7 Å². The number of carbonyl (C=O) groups is 1. The van der Waals surface area contributed by atoms with Gasteiger partial charge in [0.2, 0.25) is 0 Å². The molecule has 0 unspecified atom stereocenters. The number of hydrogen-bond donors (Lipinski definition) is 0. The SMILES string of the molecule is C#CCN1CCCN(C(=O)c2cccc(F)c2)CC1. The van der Waals surface area contributed by atoms with Crippen molar-refractivity contribution in [1.82, 2.24) is 9.80 Å². The highest BCUT2D eigenvalue weighted by Gasteiger charge is 2.20. The van der Waals surface area contributed by atoms with Crippen LogP contribution in [0.1, 0.15) is 16.8 Å². The number of carbonyl (C=O) groups excluding carboxylic acids is 1. The average Bonchev–Trinajstić information content (AvgIpc) is 2.64. The van der Waals surface area contributed by atoms with Gasteiger partial charge in [0.1, 0.15) is 5.82 Å². The van der Waals surface area contributed by atoms with Crippen LogP contribution in [0, 0.1) is 18.2 Å². The molecule has 3 nitrogen and oxygen atoms in total. The van der Waals surface area contributed by atoms with Gasteiger partial charge in [0.25, 0.3) is 5.91 Å². The molecule has 0 radical (unpaired) electrons. The smallest absolute Gasteiger partial charge is 0.254 e. The van der Waals surface area contributed by atoms with Crippen LogP contribution in [0.2, 0.25) is 0 Å². The summed E-state index contributed by atoms with van der Waals surface area (Å²) in [5.41, 5.74) is 0.408. The fourth-order valence-electron chi connectivity index (χ4n) is 2.27. The van der Waals surface area contributed by atoms with Gasteiger partial charge in [-0.3, -0.25) is 9.69 Å². The normalized spacial score (nSPS) is 16.7. The van der Waals surface area contributed by atoms with Crippen molar-refractivity contribution in [2.24, 2.45) is 0 Å². The molecule has 1 heterocycles. The van der Waals surface area contributed by atoms with Crippen LogP contribution in [0.15, 0.2) is 24.3 Å². The molecule has 1 amide bonds. The van der Waals surface area contributed by atoms with Crippen molar-refractivity contribution in [3.63, 3.8) is 0 Å². The van der Waals surface area contributed by atoms with Crippen LogP contribution >= 0.6 is 0 Å². The lowest BCUT2D eigenvalue weighted by Crippen LogP contribution is -2.35. The molecule has 0 saturated carbocycles. The summed E-state index contributed by atoms with van der Waals surface area (Å²) in [6, 6.07) is 5.83. The van der Waals surface area contributed by atoms with E-state index in [2.05, 4.69) is 10.8 Å². The Labute approximate surface area is 113 Å². The Morgan fingerprint density at radius 3 is 2.89 bits per heavy atom. The second-order valence-corrected chi connectivity index (χ2v) is 4.64. The van der Waals surface area contributed by atoms with E-state index in [9.17, 15) is 9.18 Å². The number of benzene rings is 1. The molecule has 2 rings (SSSR count). The molecule has 1 fully saturated rings. The number of halogens is 1. The fourth-order valence-corrected chi connectivity index (χ4v) is 2.27. The molecule has 0 bridgehead atoms. The van der Waals surface area contributed by atoms with Gasteiger partial charge in [0.15, 0.2) is 0 Å². The predicted octanol–water partition coefficient (Wildman–Crippen LogP) is 1.61. The Bertz CT molecular complexity index is 495. The lowest BCUT2D eigenvalue weighted by atomic mass is 10.2. The molecule has 0 N–H and O–H groups in total. The summed E-state index contributed by atoms with van der Waals surface area (Å²) >= 11 is 0. The summed E-state index contributed by atoms with van der Waals surface area (Å²) in [5.74, 6) is 2.13. The monoisotopic (exact) mass is 260 g/mol. The largest absolute Gasteiger partial charge is 0.337 e. The molecule has 0 atom stereocenters. The molecular formula is C15H17FN2O. The van der Waals surface area contributed by atoms with E-state index >= 15 is 0 Å². The van der Waals surface area contributed by atoms with Gasteiger partial charge in [-0.1, -0.05) is 12.0 Å². The van der Waals surface area contributed by atoms with Crippen molar-refractivity contribution >= 4 is 5.91 Å². The van der Waals surface area contributed by atoms with Crippen molar-refractivity contribution in [2.75, 3.05) is 32.7 Å². The van der Waals surface area contributed by atoms with E-state index in [4.69, 9.17) is 6.42 Å². The molecule has 1 aliphatic rings. The van der Waals surface area contributed by atoms with Crippen molar-refractivity contribution in [2.45, 2.75) is 6.42 Å². The summed E-state index contributed by atoms with van der Waals surface area (Å²) < 4.78 is 13.1. The van der Waals surface area contributed by atoms with Gasteiger partial charge in [-0.15, -0.1) is 6.42 Å². The van der Waals surface area contributed by atoms with Gasteiger partial charge in [-0.2, -0.15) is 0 Å². The van der Waals surface area contributed by atoms with Crippen molar-refractivity contribution in [1.29, 1.82) is 0 Å². The average molecular weight is 260 g/mol. The Kier molecular flexibility index (Phi) is 4.53. The van der Waals surface area contributed by atoms with E-state index < -0.39 is 0 Å². The number of hydrogen-bond acceptors (Lipinski definition) is 2. The molecular weight excluding hydrogens is 243 g/mol. The van der Waals surface area contributed by atoms with Crippen molar-refractivity contribution in [3.05, 3.63) is 35.6 Å². The fraction of sp³-hybridized carbons (Fsp3) is 0.400. The van der Waals surface area contributed by atoms with E-state index in [1.165, 1.54) is 12.1 Å². The lowest BCUT2D eigenvalue weighted by molar-refractivity contribution is 0.0761. The zero-order valence-electron chi connectivity index (χ0n) is 10.8. The molecule has 4 heteroatoms. The highest BCUT2D eigenvalue weighted by atomic mass is 19.1. The van der Waals surface area contributed by atoms with Crippen LogP contribution in [-0.2, 0) is 0 Å². The zero-order chi connectivity index (χ0) is 13.7. The van der Waals surface area contributed by atoms with Crippen LogP contribution in [0.5, 0.6) is 0 Å². The second-order valence-electron chi connectivity index (χ2n) is 4.64. The van der Waals surface area contributed by atoms with Crippen LogP contribution < -0.4 is 0 Å². The summed E-state index contributed by atoms with van der Waals surface area (Å²) in [5, 5.41) is 0. The van der Waals surface area contributed by atoms with E-state index in [0.717, 1.165) is 19.5 Å². The van der Waals surface area contributed by atoms with Crippen LogP contribution in [0.4, 0.5) is 4.39 Å². The van der Waals surface area contributed by atoms with E-state index in [1.807, 2.05) is 0 Å². The Balaban J connectivity index is 2.02. The zero-order valence-corrected chi connectivity index (χ0v) is 10.8. The molecule has 1 saturated heterocycles.